The molecule has 7 aromatic carbocycles. The van der Waals surface area contributed by atoms with Crippen molar-refractivity contribution in [3.63, 3.8) is 0 Å². The van der Waals surface area contributed by atoms with Gasteiger partial charge in [-0.05, 0) is 117 Å². The van der Waals surface area contributed by atoms with Gasteiger partial charge in [0.15, 0.2) is 0 Å². The van der Waals surface area contributed by atoms with E-state index in [1.54, 1.807) is 0 Å². The molecule has 0 bridgehead atoms. The molecule has 7 aromatic rings. The van der Waals surface area contributed by atoms with Gasteiger partial charge in [0.2, 0.25) is 0 Å². The van der Waals surface area contributed by atoms with E-state index in [0.717, 1.165) is 24.8 Å². The molecule has 2 aliphatic heterocycles. The minimum absolute atomic E-state index is 0.0171. The van der Waals surface area contributed by atoms with Crippen LogP contribution >= 0.6 is 11.8 Å². The topological polar surface area (TPSA) is 36.1 Å². The minimum atomic E-state index is -0.405. The highest BCUT2D eigenvalue weighted by Gasteiger charge is 2.50. The lowest BCUT2D eigenvalue weighted by molar-refractivity contribution is 0.362. The van der Waals surface area contributed by atoms with Gasteiger partial charge in [-0.25, -0.2) is 0 Å². The van der Waals surface area contributed by atoms with E-state index in [4.69, 9.17) is 4.99 Å². The molecule has 0 radical (unpaired) electrons. The van der Waals surface area contributed by atoms with Gasteiger partial charge in [-0.15, -0.1) is 0 Å². The lowest BCUT2D eigenvalue weighted by Crippen LogP contribution is -2.32. The Hall–Kier alpha value is -5.95. The largest absolute Gasteiger partial charge is 0.280 e. The Labute approximate surface area is 341 Å². The van der Waals surface area contributed by atoms with Crippen molar-refractivity contribution in [2.45, 2.75) is 60.3 Å². The fourth-order valence-corrected chi connectivity index (χ4v) is 11.5. The van der Waals surface area contributed by atoms with Crippen LogP contribution in [0.5, 0.6) is 0 Å². The molecule has 57 heavy (non-hydrogen) atoms. The van der Waals surface area contributed by atoms with Crippen molar-refractivity contribution in [3.8, 4) is 28.3 Å². The van der Waals surface area contributed by atoms with E-state index < -0.39 is 5.41 Å². The number of hydrogen-bond acceptors (Lipinski definition) is 3. The maximum Gasteiger partial charge on any atom is 0.0991 e. The summed E-state index contributed by atoms with van der Waals surface area (Å²) in [4.78, 5) is 8.61. The molecular weight excluding hydrogens is 709 g/mol. The van der Waals surface area contributed by atoms with Crippen molar-refractivity contribution in [3.05, 3.63) is 214 Å². The van der Waals surface area contributed by atoms with Crippen LogP contribution in [0.1, 0.15) is 89.6 Å². The van der Waals surface area contributed by atoms with Crippen LogP contribution in [0.15, 0.2) is 185 Å². The van der Waals surface area contributed by atoms with Crippen molar-refractivity contribution in [2.24, 2.45) is 16.8 Å². The lowest BCUT2D eigenvalue weighted by atomic mass is 9.67. The van der Waals surface area contributed by atoms with Crippen LogP contribution in [0.25, 0.3) is 22.3 Å². The Balaban J connectivity index is 1.11. The zero-order valence-electron chi connectivity index (χ0n) is 32.4. The third-order valence-electron chi connectivity index (χ3n) is 13.0. The Morgan fingerprint density at radius 3 is 1.84 bits per heavy atom. The van der Waals surface area contributed by atoms with Crippen molar-refractivity contribution >= 4 is 17.5 Å². The molecule has 0 fully saturated rings. The van der Waals surface area contributed by atoms with Crippen molar-refractivity contribution in [1.29, 1.82) is 5.26 Å². The summed E-state index contributed by atoms with van der Waals surface area (Å²) in [5.74, 6) is 0.946. The Bertz CT molecular complexity index is 2640. The summed E-state index contributed by atoms with van der Waals surface area (Å²) in [6.07, 6.45) is 3.18. The zero-order valence-corrected chi connectivity index (χ0v) is 33.2. The highest BCUT2D eigenvalue weighted by Crippen LogP contribution is 2.62. The van der Waals surface area contributed by atoms with Crippen LogP contribution in [-0.4, -0.2) is 5.71 Å². The molecule has 3 heteroatoms. The number of nitrogens with zero attached hydrogens (tertiary/aromatic N) is 2. The average molecular weight is 753 g/mol. The van der Waals surface area contributed by atoms with E-state index in [9.17, 15) is 5.26 Å². The number of rotatable bonds is 5. The highest BCUT2D eigenvalue weighted by atomic mass is 32.2. The average Bonchev–Trinajstić information content (AvgIpc) is 3.55. The summed E-state index contributed by atoms with van der Waals surface area (Å²) in [5, 5.41) is 9.30. The summed E-state index contributed by atoms with van der Waals surface area (Å²) in [5.41, 5.74) is 15.8. The van der Waals surface area contributed by atoms with Gasteiger partial charge in [0.05, 0.1) is 23.1 Å². The van der Waals surface area contributed by atoms with Gasteiger partial charge in [-0.3, -0.25) is 4.99 Å². The summed E-state index contributed by atoms with van der Waals surface area (Å²) in [6.45, 7) is 4.77. The standard InChI is InChI=1S/C54H44N2S/c1-3-42-43(39-28-26-38(27-29-39)37-24-22-36(34-55)23-25-37)31-21-35(2)52(56-53(42)40-13-5-4-6-14-40)41-30-32-45-44-15-7-8-16-46(44)54(49(45)33-41)47-17-9-11-19-50(47)57-51-20-12-10-18-48(51)54/h4-20,22-30,32-33,35,42-43,52H,3,21,31H2,1-2H3/t35?,42?,43?,52-/m0/s1. The Morgan fingerprint density at radius 2 is 1.18 bits per heavy atom. The van der Waals surface area contributed by atoms with Gasteiger partial charge >= 0.3 is 0 Å². The predicted molar refractivity (Wildman–Crippen MR) is 235 cm³/mol. The van der Waals surface area contributed by atoms with Crippen molar-refractivity contribution in [2.75, 3.05) is 0 Å². The maximum absolute atomic E-state index is 9.30. The first-order valence-electron chi connectivity index (χ1n) is 20.4. The van der Waals surface area contributed by atoms with Crippen molar-refractivity contribution in [1.82, 2.24) is 0 Å². The van der Waals surface area contributed by atoms with Crippen LogP contribution < -0.4 is 0 Å². The molecule has 3 unspecified atom stereocenters. The van der Waals surface area contributed by atoms with Crippen molar-refractivity contribution < 1.29 is 0 Å². The molecule has 0 N–H and O–H groups in total. The number of hydrogen-bond donors (Lipinski definition) is 0. The first-order valence-corrected chi connectivity index (χ1v) is 21.2. The minimum Gasteiger partial charge on any atom is -0.280 e. The second-order valence-electron chi connectivity index (χ2n) is 16.0. The smallest absolute Gasteiger partial charge is 0.0991 e. The van der Waals surface area contributed by atoms with E-state index in [1.807, 2.05) is 36.0 Å². The highest BCUT2D eigenvalue weighted by molar-refractivity contribution is 7.99. The molecule has 2 heterocycles. The molecule has 0 amide bonds. The van der Waals surface area contributed by atoms with E-state index in [-0.39, 0.29) is 12.0 Å². The maximum atomic E-state index is 9.30. The Kier molecular flexibility index (Phi) is 9.04. The van der Waals surface area contributed by atoms with Gasteiger partial charge in [-0.1, -0.05) is 171 Å². The molecule has 0 saturated heterocycles. The summed E-state index contributed by atoms with van der Waals surface area (Å²) in [6, 6.07) is 64.9. The van der Waals surface area contributed by atoms with Gasteiger partial charge in [0.1, 0.15) is 0 Å². The molecule has 1 aliphatic carbocycles. The van der Waals surface area contributed by atoms with Gasteiger partial charge in [0.25, 0.3) is 0 Å². The predicted octanol–water partition coefficient (Wildman–Crippen LogP) is 13.8. The third kappa shape index (κ3) is 5.81. The summed E-state index contributed by atoms with van der Waals surface area (Å²) < 4.78 is 0. The SMILES string of the molecule is CCC1C(c2ccccc2)=N[C@H](c2ccc3c(c2)C2(c4ccccc4Sc4ccccc42)c2ccccc2-3)C(C)CCC1c1ccc(-c2ccc(C#N)cc2)cc1. The molecule has 276 valence electrons. The number of aliphatic imine (C=N–C) groups is 1. The van der Waals surface area contributed by atoms with Crippen LogP contribution in [-0.2, 0) is 5.41 Å². The first-order chi connectivity index (χ1) is 28.1. The molecule has 0 saturated carbocycles. The molecular formula is C54H44N2S. The van der Waals surface area contributed by atoms with E-state index in [0.29, 0.717) is 17.4 Å². The summed E-state index contributed by atoms with van der Waals surface area (Å²) >= 11 is 1.90. The fourth-order valence-electron chi connectivity index (χ4n) is 10.3. The second kappa shape index (κ2) is 14.5. The first kappa shape index (κ1) is 35.5. The number of benzene rings is 7. The lowest BCUT2D eigenvalue weighted by Gasteiger charge is -2.40. The molecule has 1 spiro atoms. The molecule has 2 nitrogen and oxygen atoms in total. The molecule has 3 aliphatic rings. The summed E-state index contributed by atoms with van der Waals surface area (Å²) in [7, 11) is 0. The fraction of sp³-hybridized carbons (Fsp3) is 0.185. The zero-order chi connectivity index (χ0) is 38.5. The Morgan fingerprint density at radius 1 is 0.596 bits per heavy atom. The quantitative estimate of drug-likeness (QED) is 0.175. The normalized spacial score (nSPS) is 20.2. The number of fused-ring (bicyclic) bond motifs is 9. The van der Waals surface area contributed by atoms with Gasteiger partial charge < -0.3 is 0 Å². The van der Waals surface area contributed by atoms with Gasteiger partial charge in [0, 0.05) is 21.4 Å². The molecule has 0 aromatic heterocycles. The van der Waals surface area contributed by atoms with E-state index in [2.05, 4.69) is 166 Å². The second-order valence-corrected chi connectivity index (χ2v) is 17.1. The molecule has 10 rings (SSSR count). The van der Waals surface area contributed by atoms with Crippen LogP contribution in [0, 0.1) is 23.2 Å². The number of nitriles is 1. The third-order valence-corrected chi connectivity index (χ3v) is 14.1. The van der Waals surface area contributed by atoms with E-state index >= 15 is 0 Å². The van der Waals surface area contributed by atoms with Crippen LogP contribution in [0.3, 0.4) is 0 Å². The monoisotopic (exact) mass is 752 g/mol. The van der Waals surface area contributed by atoms with Crippen LogP contribution in [0.2, 0.25) is 0 Å². The van der Waals surface area contributed by atoms with E-state index in [1.165, 1.54) is 71.1 Å². The van der Waals surface area contributed by atoms with Gasteiger partial charge in [-0.2, -0.15) is 5.26 Å². The van der Waals surface area contributed by atoms with Crippen LogP contribution in [0.4, 0.5) is 0 Å². The molecule has 4 atom stereocenters.